The lowest BCUT2D eigenvalue weighted by atomic mass is 10.2. The average Bonchev–Trinajstić information content (AvgIpc) is 2.47. The van der Waals surface area contributed by atoms with E-state index < -0.39 is 28.0 Å². The lowest BCUT2D eigenvalue weighted by Crippen LogP contribution is -2.55. The zero-order valence-corrected chi connectivity index (χ0v) is 11.7. The Labute approximate surface area is 121 Å². The molecule has 0 aromatic heterocycles. The molecular weight excluding hydrogens is 300 g/mol. The number of sulfonamides is 1. The molecule has 0 bridgehead atoms. The highest BCUT2D eigenvalue weighted by Gasteiger charge is 2.33. The molecule has 1 aliphatic heterocycles. The first-order valence-electron chi connectivity index (χ1n) is 6.12. The zero-order valence-electron chi connectivity index (χ0n) is 10.9. The first-order chi connectivity index (χ1) is 9.82. The van der Waals surface area contributed by atoms with Crippen LogP contribution in [0.2, 0.25) is 0 Å². The number of carboxylic acids is 2. The van der Waals surface area contributed by atoms with Crippen LogP contribution in [-0.2, 0) is 14.8 Å². The van der Waals surface area contributed by atoms with Gasteiger partial charge >= 0.3 is 11.9 Å². The molecule has 1 aromatic carbocycles. The molecule has 1 fully saturated rings. The molecule has 1 heterocycles. The van der Waals surface area contributed by atoms with E-state index in [1.807, 2.05) is 0 Å². The Morgan fingerprint density at radius 3 is 2.62 bits per heavy atom. The maximum atomic E-state index is 12.4. The van der Waals surface area contributed by atoms with Crippen LogP contribution in [-0.4, -0.2) is 60.6 Å². The van der Waals surface area contributed by atoms with E-state index in [1.54, 1.807) is 0 Å². The molecule has 1 aromatic rings. The standard InChI is InChI=1S/C12H14N2O6S/c15-11(16)8-2-1-3-9(6-8)21(19,20)14-5-4-13-10(7-14)12(17)18/h1-3,6,10,13H,4-5,7H2,(H,15,16)(H,17,18)/t10-/m0/s1. The molecule has 1 aliphatic rings. The van der Waals surface area contributed by atoms with Crippen LogP contribution in [0.4, 0.5) is 0 Å². The summed E-state index contributed by atoms with van der Waals surface area (Å²) in [5, 5.41) is 20.6. The van der Waals surface area contributed by atoms with Crippen molar-refractivity contribution in [2.75, 3.05) is 19.6 Å². The summed E-state index contributed by atoms with van der Waals surface area (Å²) in [6, 6.07) is 4.01. The number of nitrogens with one attached hydrogen (secondary N) is 1. The summed E-state index contributed by atoms with van der Waals surface area (Å²) in [5.41, 5.74) is -0.138. The molecule has 0 amide bonds. The molecule has 3 N–H and O–H groups in total. The molecule has 1 saturated heterocycles. The number of carbonyl (C=O) groups is 2. The lowest BCUT2D eigenvalue weighted by molar-refractivity contribution is -0.140. The van der Waals surface area contributed by atoms with Crippen molar-refractivity contribution in [1.82, 2.24) is 9.62 Å². The smallest absolute Gasteiger partial charge is 0.335 e. The number of carboxylic acid groups (broad SMARTS) is 2. The molecular formula is C12H14N2O6S. The van der Waals surface area contributed by atoms with E-state index in [1.165, 1.54) is 18.2 Å². The number of aliphatic carboxylic acids is 1. The highest BCUT2D eigenvalue weighted by molar-refractivity contribution is 7.89. The molecule has 0 saturated carbocycles. The van der Waals surface area contributed by atoms with Crippen molar-refractivity contribution in [3.05, 3.63) is 29.8 Å². The molecule has 0 aliphatic carbocycles. The predicted octanol–water partition coefficient (Wildman–Crippen LogP) is -0.568. The van der Waals surface area contributed by atoms with Crippen LogP contribution in [0.3, 0.4) is 0 Å². The van der Waals surface area contributed by atoms with Gasteiger partial charge in [-0.1, -0.05) is 6.07 Å². The third-order valence-corrected chi connectivity index (χ3v) is 5.02. The Morgan fingerprint density at radius 2 is 2.00 bits per heavy atom. The van der Waals surface area contributed by atoms with Gasteiger partial charge < -0.3 is 15.5 Å². The summed E-state index contributed by atoms with van der Waals surface area (Å²) in [6.45, 7) is 0.146. The number of rotatable bonds is 4. The Balaban J connectivity index is 2.31. The third kappa shape index (κ3) is 3.20. The Kier molecular flexibility index (Phi) is 4.26. The Hall–Kier alpha value is -1.97. The topological polar surface area (TPSA) is 124 Å². The summed E-state index contributed by atoms with van der Waals surface area (Å²) < 4.78 is 25.9. The van der Waals surface area contributed by atoms with Gasteiger partial charge in [-0.3, -0.25) is 4.79 Å². The molecule has 0 spiro atoms. The molecule has 0 radical (unpaired) electrons. The largest absolute Gasteiger partial charge is 0.480 e. The number of hydrogen-bond donors (Lipinski definition) is 3. The van der Waals surface area contributed by atoms with Gasteiger partial charge in [-0.25, -0.2) is 13.2 Å². The van der Waals surface area contributed by atoms with Crippen LogP contribution in [0.25, 0.3) is 0 Å². The maximum absolute atomic E-state index is 12.4. The Morgan fingerprint density at radius 1 is 1.29 bits per heavy atom. The molecule has 2 rings (SSSR count). The van der Waals surface area contributed by atoms with Crippen LogP contribution in [0.1, 0.15) is 10.4 Å². The van der Waals surface area contributed by atoms with Gasteiger partial charge in [0, 0.05) is 19.6 Å². The van der Waals surface area contributed by atoms with Gasteiger partial charge in [0.05, 0.1) is 10.5 Å². The molecule has 9 heteroatoms. The third-order valence-electron chi connectivity index (χ3n) is 3.16. The van der Waals surface area contributed by atoms with Crippen molar-refractivity contribution in [2.24, 2.45) is 0 Å². The highest BCUT2D eigenvalue weighted by Crippen LogP contribution is 2.18. The van der Waals surface area contributed by atoms with Gasteiger partial charge in [0.2, 0.25) is 10.0 Å². The Bertz CT molecular complexity index is 672. The minimum Gasteiger partial charge on any atom is -0.480 e. The fourth-order valence-corrected chi connectivity index (χ4v) is 3.55. The predicted molar refractivity (Wildman–Crippen MR) is 71.6 cm³/mol. The van der Waals surface area contributed by atoms with Crippen molar-refractivity contribution in [3.63, 3.8) is 0 Å². The summed E-state index contributed by atoms with van der Waals surface area (Å²) >= 11 is 0. The molecule has 21 heavy (non-hydrogen) atoms. The van der Waals surface area contributed by atoms with Gasteiger partial charge in [-0.05, 0) is 18.2 Å². The van der Waals surface area contributed by atoms with E-state index >= 15 is 0 Å². The van der Waals surface area contributed by atoms with E-state index in [2.05, 4.69) is 5.32 Å². The zero-order chi connectivity index (χ0) is 15.6. The van der Waals surface area contributed by atoms with Crippen molar-refractivity contribution >= 4 is 22.0 Å². The van der Waals surface area contributed by atoms with Crippen LogP contribution < -0.4 is 5.32 Å². The highest BCUT2D eigenvalue weighted by atomic mass is 32.2. The first kappa shape index (κ1) is 15.4. The van der Waals surface area contributed by atoms with Gasteiger partial charge in [0.25, 0.3) is 0 Å². The van der Waals surface area contributed by atoms with E-state index in [0.29, 0.717) is 0 Å². The van der Waals surface area contributed by atoms with E-state index in [4.69, 9.17) is 10.2 Å². The summed E-state index contributed by atoms with van der Waals surface area (Å²) in [4.78, 5) is 21.7. The second kappa shape index (κ2) is 5.80. The SMILES string of the molecule is O=C(O)c1cccc(S(=O)(=O)N2CCN[C@H](C(=O)O)C2)c1. The number of benzene rings is 1. The van der Waals surface area contributed by atoms with Gasteiger partial charge in [0.15, 0.2) is 0 Å². The maximum Gasteiger partial charge on any atom is 0.335 e. The number of hydrogen-bond acceptors (Lipinski definition) is 5. The fourth-order valence-electron chi connectivity index (χ4n) is 2.05. The van der Waals surface area contributed by atoms with Gasteiger partial charge in [-0.15, -0.1) is 0 Å². The first-order valence-corrected chi connectivity index (χ1v) is 7.56. The number of nitrogens with zero attached hydrogens (tertiary/aromatic N) is 1. The van der Waals surface area contributed by atoms with E-state index in [0.717, 1.165) is 10.4 Å². The molecule has 8 nitrogen and oxygen atoms in total. The minimum absolute atomic E-state index is 0.128. The van der Waals surface area contributed by atoms with Crippen molar-refractivity contribution in [3.8, 4) is 0 Å². The van der Waals surface area contributed by atoms with Gasteiger partial charge in [0.1, 0.15) is 6.04 Å². The van der Waals surface area contributed by atoms with E-state index in [-0.39, 0.29) is 30.1 Å². The summed E-state index contributed by atoms with van der Waals surface area (Å²) in [5.74, 6) is -2.36. The second-order valence-electron chi connectivity index (χ2n) is 4.54. The van der Waals surface area contributed by atoms with Crippen LogP contribution in [0.5, 0.6) is 0 Å². The number of piperazine rings is 1. The van der Waals surface area contributed by atoms with Crippen LogP contribution in [0.15, 0.2) is 29.2 Å². The summed E-state index contributed by atoms with van der Waals surface area (Å²) in [6.07, 6.45) is 0. The monoisotopic (exact) mass is 314 g/mol. The van der Waals surface area contributed by atoms with Gasteiger partial charge in [-0.2, -0.15) is 4.31 Å². The van der Waals surface area contributed by atoms with Crippen LogP contribution in [0, 0.1) is 0 Å². The minimum atomic E-state index is -3.92. The molecule has 0 unspecified atom stereocenters. The molecule has 1 atom stereocenters. The number of aromatic carboxylic acids is 1. The van der Waals surface area contributed by atoms with Crippen molar-refractivity contribution in [1.29, 1.82) is 0 Å². The second-order valence-corrected chi connectivity index (χ2v) is 6.48. The average molecular weight is 314 g/mol. The van der Waals surface area contributed by atoms with Crippen LogP contribution >= 0.6 is 0 Å². The lowest BCUT2D eigenvalue weighted by Gasteiger charge is -2.30. The van der Waals surface area contributed by atoms with E-state index in [9.17, 15) is 18.0 Å². The summed E-state index contributed by atoms with van der Waals surface area (Å²) in [7, 11) is -3.92. The van der Waals surface area contributed by atoms with Crippen molar-refractivity contribution < 1.29 is 28.2 Å². The van der Waals surface area contributed by atoms with Crippen molar-refractivity contribution in [2.45, 2.75) is 10.9 Å². The fraction of sp³-hybridized carbons (Fsp3) is 0.333. The quantitative estimate of drug-likeness (QED) is 0.680. The normalized spacial score (nSPS) is 20.1. The molecule has 114 valence electrons.